The third-order valence-electron chi connectivity index (χ3n) is 1.96. The van der Waals surface area contributed by atoms with Crippen LogP contribution in [0.4, 0.5) is 0 Å². The molecule has 0 spiro atoms. The van der Waals surface area contributed by atoms with Gasteiger partial charge in [-0.25, -0.2) is 0 Å². The van der Waals surface area contributed by atoms with Crippen LogP contribution in [0.2, 0.25) is 10.0 Å². The molecule has 0 aliphatic rings. The second-order valence-electron chi connectivity index (χ2n) is 3.50. The smallest absolute Gasteiger partial charge is 0.132 e. The summed E-state index contributed by atoms with van der Waals surface area (Å²) in [4.78, 5) is 10.7. The summed E-state index contributed by atoms with van der Waals surface area (Å²) in [6.45, 7) is 1.44. The van der Waals surface area contributed by atoms with Gasteiger partial charge in [0, 0.05) is 16.5 Å². The molecule has 0 amide bonds. The Labute approximate surface area is 104 Å². The molecule has 0 saturated carbocycles. The summed E-state index contributed by atoms with van der Waals surface area (Å²) in [5.74, 6) is -0.0562. The van der Waals surface area contributed by atoms with Crippen molar-refractivity contribution in [1.29, 1.82) is 0 Å². The minimum absolute atomic E-state index is 0.0562. The van der Waals surface area contributed by atoms with Crippen molar-refractivity contribution in [3.8, 4) is 0 Å². The predicted molar refractivity (Wildman–Crippen MR) is 66.8 cm³/mol. The summed E-state index contributed by atoms with van der Waals surface area (Å²) in [7, 11) is 0. The van der Waals surface area contributed by atoms with E-state index in [1.165, 1.54) is 13.0 Å². The van der Waals surface area contributed by atoms with E-state index in [0.717, 1.165) is 5.56 Å². The van der Waals surface area contributed by atoms with Crippen LogP contribution in [-0.4, -0.2) is 17.0 Å². The Kier molecular flexibility index (Phi) is 5.00. The van der Waals surface area contributed by atoms with E-state index in [9.17, 15) is 9.90 Å². The molecule has 0 aliphatic heterocycles. The van der Waals surface area contributed by atoms with Gasteiger partial charge in [0.1, 0.15) is 5.78 Å². The third kappa shape index (κ3) is 4.35. The van der Waals surface area contributed by atoms with Crippen molar-refractivity contribution in [3.05, 3.63) is 39.9 Å². The second-order valence-corrected chi connectivity index (χ2v) is 4.34. The van der Waals surface area contributed by atoms with Crippen molar-refractivity contribution in [1.82, 2.24) is 0 Å². The molecule has 1 atom stereocenters. The minimum atomic E-state index is -0.774. The van der Waals surface area contributed by atoms with Crippen LogP contribution in [0, 0.1) is 0 Å². The lowest BCUT2D eigenvalue weighted by Crippen LogP contribution is -2.07. The molecule has 0 fully saturated rings. The Morgan fingerprint density at radius 2 is 2.19 bits per heavy atom. The van der Waals surface area contributed by atoms with Gasteiger partial charge in [-0.3, -0.25) is 4.79 Å². The molecule has 16 heavy (non-hydrogen) atoms. The minimum Gasteiger partial charge on any atom is -0.389 e. The van der Waals surface area contributed by atoms with E-state index in [-0.39, 0.29) is 12.2 Å². The summed E-state index contributed by atoms with van der Waals surface area (Å²) in [6, 6.07) is 5.09. The molecular formula is C12H12Cl2O2. The Balaban J connectivity index is 2.72. The molecule has 1 aromatic carbocycles. The van der Waals surface area contributed by atoms with Crippen LogP contribution in [0.15, 0.2) is 24.3 Å². The lowest BCUT2D eigenvalue weighted by atomic mass is 10.1. The molecule has 1 N–H and O–H groups in total. The van der Waals surface area contributed by atoms with Crippen LogP contribution >= 0.6 is 23.2 Å². The highest BCUT2D eigenvalue weighted by Gasteiger charge is 2.03. The molecule has 0 aliphatic carbocycles. The quantitative estimate of drug-likeness (QED) is 0.900. The summed E-state index contributed by atoms with van der Waals surface area (Å²) in [5.41, 5.74) is 0.758. The van der Waals surface area contributed by atoms with Crippen LogP contribution in [0.5, 0.6) is 0 Å². The zero-order chi connectivity index (χ0) is 12.1. The maximum absolute atomic E-state index is 10.7. The molecule has 4 heteroatoms. The van der Waals surface area contributed by atoms with Crippen molar-refractivity contribution >= 4 is 35.1 Å². The second kappa shape index (κ2) is 6.04. The first-order valence-corrected chi connectivity index (χ1v) is 5.55. The van der Waals surface area contributed by atoms with Crippen LogP contribution < -0.4 is 0 Å². The van der Waals surface area contributed by atoms with Crippen molar-refractivity contribution in [2.45, 2.75) is 19.4 Å². The third-order valence-corrected chi connectivity index (χ3v) is 2.52. The zero-order valence-corrected chi connectivity index (χ0v) is 10.3. The van der Waals surface area contributed by atoms with Gasteiger partial charge in [-0.1, -0.05) is 41.4 Å². The maximum Gasteiger partial charge on any atom is 0.132 e. The number of hydrogen-bond donors (Lipinski definition) is 1. The Morgan fingerprint density at radius 1 is 1.50 bits per heavy atom. The van der Waals surface area contributed by atoms with E-state index < -0.39 is 6.10 Å². The molecule has 0 heterocycles. The van der Waals surface area contributed by atoms with Gasteiger partial charge in [-0.15, -0.1) is 0 Å². The number of Topliss-reactive ketones (excluding diaryl/α,β-unsaturated/α-hetero) is 1. The SMILES string of the molecule is CC(=O)CC(O)C=Cc1ccc(Cl)cc1Cl. The van der Waals surface area contributed by atoms with E-state index in [2.05, 4.69) is 0 Å². The Morgan fingerprint density at radius 3 is 2.75 bits per heavy atom. The lowest BCUT2D eigenvalue weighted by Gasteiger charge is -2.02. The molecular weight excluding hydrogens is 247 g/mol. The van der Waals surface area contributed by atoms with Crippen LogP contribution in [-0.2, 0) is 4.79 Å². The zero-order valence-electron chi connectivity index (χ0n) is 8.78. The standard InChI is InChI=1S/C12H12Cl2O2/c1-8(15)6-11(16)5-3-9-2-4-10(13)7-12(9)14/h2-5,7,11,16H,6H2,1H3. The summed E-state index contributed by atoms with van der Waals surface area (Å²) in [5, 5.41) is 10.5. The average molecular weight is 259 g/mol. The molecule has 1 aromatic rings. The fourth-order valence-corrected chi connectivity index (χ4v) is 1.69. The molecule has 1 unspecified atom stereocenters. The van der Waals surface area contributed by atoms with Crippen molar-refractivity contribution in [2.75, 3.05) is 0 Å². The number of ketones is 1. The van der Waals surface area contributed by atoms with E-state index >= 15 is 0 Å². The first-order chi connectivity index (χ1) is 7.49. The topological polar surface area (TPSA) is 37.3 Å². The van der Waals surface area contributed by atoms with E-state index in [1.807, 2.05) is 0 Å². The van der Waals surface area contributed by atoms with E-state index in [4.69, 9.17) is 23.2 Å². The highest BCUT2D eigenvalue weighted by Crippen LogP contribution is 2.22. The first kappa shape index (κ1) is 13.2. The summed E-state index contributed by atoms with van der Waals surface area (Å²) >= 11 is 11.7. The van der Waals surface area contributed by atoms with Gasteiger partial charge < -0.3 is 5.11 Å². The summed E-state index contributed by atoms with van der Waals surface area (Å²) in [6.07, 6.45) is 2.55. The van der Waals surface area contributed by atoms with Gasteiger partial charge in [-0.05, 0) is 24.6 Å². The first-order valence-electron chi connectivity index (χ1n) is 4.80. The van der Waals surface area contributed by atoms with E-state index in [0.29, 0.717) is 10.0 Å². The van der Waals surface area contributed by atoms with Crippen molar-refractivity contribution in [2.24, 2.45) is 0 Å². The normalized spacial score (nSPS) is 13.0. The number of carbonyl (C=O) groups excluding carboxylic acids is 1. The van der Waals surface area contributed by atoms with Gasteiger partial charge in [0.15, 0.2) is 0 Å². The Hall–Kier alpha value is -0.830. The number of aliphatic hydroxyl groups excluding tert-OH is 1. The van der Waals surface area contributed by atoms with Crippen LogP contribution in [0.3, 0.4) is 0 Å². The van der Waals surface area contributed by atoms with Gasteiger partial charge in [0.05, 0.1) is 6.10 Å². The van der Waals surface area contributed by atoms with Crippen molar-refractivity contribution < 1.29 is 9.90 Å². The molecule has 1 rings (SSSR count). The van der Waals surface area contributed by atoms with Gasteiger partial charge >= 0.3 is 0 Å². The monoisotopic (exact) mass is 258 g/mol. The summed E-state index contributed by atoms with van der Waals surface area (Å²) < 4.78 is 0. The number of aliphatic hydroxyl groups is 1. The molecule has 0 bridgehead atoms. The van der Waals surface area contributed by atoms with Crippen LogP contribution in [0.1, 0.15) is 18.9 Å². The van der Waals surface area contributed by atoms with E-state index in [1.54, 1.807) is 24.3 Å². The number of halogens is 2. The largest absolute Gasteiger partial charge is 0.389 e. The Bertz CT molecular complexity index is 413. The number of rotatable bonds is 4. The highest BCUT2D eigenvalue weighted by molar-refractivity contribution is 6.35. The number of hydrogen-bond acceptors (Lipinski definition) is 2. The number of benzene rings is 1. The molecule has 0 aromatic heterocycles. The molecule has 2 nitrogen and oxygen atoms in total. The average Bonchev–Trinajstić information content (AvgIpc) is 2.15. The van der Waals surface area contributed by atoms with Gasteiger partial charge in [0.25, 0.3) is 0 Å². The fraction of sp³-hybridized carbons (Fsp3) is 0.250. The molecule has 86 valence electrons. The van der Waals surface area contributed by atoms with Crippen molar-refractivity contribution in [3.63, 3.8) is 0 Å². The van der Waals surface area contributed by atoms with Gasteiger partial charge in [-0.2, -0.15) is 0 Å². The number of carbonyl (C=O) groups is 1. The fourth-order valence-electron chi connectivity index (χ4n) is 1.21. The lowest BCUT2D eigenvalue weighted by molar-refractivity contribution is -0.118. The molecule has 0 radical (unpaired) electrons. The molecule has 0 saturated heterocycles. The van der Waals surface area contributed by atoms with Crippen LogP contribution in [0.25, 0.3) is 6.08 Å². The highest BCUT2D eigenvalue weighted by atomic mass is 35.5. The van der Waals surface area contributed by atoms with Gasteiger partial charge in [0.2, 0.25) is 0 Å². The maximum atomic E-state index is 10.7. The predicted octanol–water partition coefficient (Wildman–Crippen LogP) is 3.35.